The van der Waals surface area contributed by atoms with Crippen LogP contribution >= 0.6 is 0 Å². The molecule has 1 unspecified atom stereocenters. The molecule has 0 aromatic carbocycles. The van der Waals surface area contributed by atoms with Crippen LogP contribution in [0.3, 0.4) is 0 Å². The van der Waals surface area contributed by atoms with Crippen LogP contribution in [-0.4, -0.2) is 21.5 Å². The van der Waals surface area contributed by atoms with E-state index in [2.05, 4.69) is 20.3 Å². The van der Waals surface area contributed by atoms with E-state index in [1.165, 1.54) is 18.7 Å². The molecule has 1 saturated heterocycles. The fourth-order valence-electron chi connectivity index (χ4n) is 2.33. The molecule has 0 aliphatic carbocycles. The smallest absolute Gasteiger partial charge is 0.141 e. The first kappa shape index (κ1) is 11.3. The molecule has 0 radical (unpaired) electrons. The van der Waals surface area contributed by atoms with Gasteiger partial charge in [-0.1, -0.05) is 0 Å². The summed E-state index contributed by atoms with van der Waals surface area (Å²) in [6, 6.07) is 3.37. The monoisotopic (exact) mass is 246 g/mol. The third-order valence-corrected chi connectivity index (χ3v) is 3.26. The van der Waals surface area contributed by atoms with Crippen LogP contribution in [0, 0.1) is 12.7 Å². The van der Waals surface area contributed by atoms with Crippen LogP contribution in [0.4, 0.5) is 4.39 Å². The van der Waals surface area contributed by atoms with E-state index in [1.54, 1.807) is 6.07 Å². The zero-order valence-electron chi connectivity index (χ0n) is 10.2. The van der Waals surface area contributed by atoms with E-state index in [9.17, 15) is 4.39 Å². The Bertz CT molecular complexity index is 541. The van der Waals surface area contributed by atoms with Crippen molar-refractivity contribution in [2.45, 2.75) is 25.8 Å². The Hall–Kier alpha value is -1.75. The van der Waals surface area contributed by atoms with Crippen molar-refractivity contribution in [3.63, 3.8) is 0 Å². The number of imidazole rings is 1. The molecular formula is C13H15FN4. The largest absolute Gasteiger partial charge is 0.344 e. The van der Waals surface area contributed by atoms with Crippen molar-refractivity contribution in [3.8, 4) is 11.4 Å². The van der Waals surface area contributed by atoms with E-state index in [4.69, 9.17) is 0 Å². The van der Waals surface area contributed by atoms with Crippen molar-refractivity contribution in [1.82, 2.24) is 20.3 Å². The second kappa shape index (κ2) is 4.49. The minimum atomic E-state index is -0.329. The number of aromatic nitrogens is 3. The molecule has 4 nitrogen and oxygen atoms in total. The summed E-state index contributed by atoms with van der Waals surface area (Å²) in [5, 5.41) is 3.40. The van der Waals surface area contributed by atoms with Crippen molar-refractivity contribution < 1.29 is 4.39 Å². The molecule has 1 atom stereocenters. The summed E-state index contributed by atoms with van der Waals surface area (Å²) < 4.78 is 12.9. The fourth-order valence-corrected chi connectivity index (χ4v) is 2.33. The molecule has 2 aromatic heterocycles. The lowest BCUT2D eigenvalue weighted by Gasteiger charge is -2.04. The van der Waals surface area contributed by atoms with Crippen LogP contribution in [0.2, 0.25) is 0 Å². The number of rotatable bonds is 2. The maximum absolute atomic E-state index is 12.9. The lowest BCUT2D eigenvalue weighted by Crippen LogP contribution is -2.14. The summed E-state index contributed by atoms with van der Waals surface area (Å²) in [7, 11) is 0. The zero-order valence-corrected chi connectivity index (χ0v) is 10.2. The Balaban J connectivity index is 1.94. The summed E-state index contributed by atoms with van der Waals surface area (Å²) in [4.78, 5) is 12.0. The lowest BCUT2D eigenvalue weighted by atomic mass is 10.2. The first-order valence-electron chi connectivity index (χ1n) is 6.16. The lowest BCUT2D eigenvalue weighted by molar-refractivity contribution is 0.612. The first-order valence-corrected chi connectivity index (χ1v) is 6.16. The normalized spacial score (nSPS) is 19.3. The second-order valence-corrected chi connectivity index (χ2v) is 4.61. The maximum atomic E-state index is 12.9. The van der Waals surface area contributed by atoms with E-state index in [1.807, 2.05) is 6.92 Å². The molecule has 0 bridgehead atoms. The number of aryl methyl sites for hydroxylation is 1. The van der Waals surface area contributed by atoms with E-state index in [-0.39, 0.29) is 5.82 Å². The van der Waals surface area contributed by atoms with Gasteiger partial charge < -0.3 is 10.3 Å². The van der Waals surface area contributed by atoms with Gasteiger partial charge in [0.2, 0.25) is 0 Å². The van der Waals surface area contributed by atoms with Crippen LogP contribution in [0.5, 0.6) is 0 Å². The van der Waals surface area contributed by atoms with Crippen LogP contribution in [0.1, 0.15) is 30.4 Å². The highest BCUT2D eigenvalue weighted by Gasteiger charge is 2.21. The maximum Gasteiger partial charge on any atom is 0.141 e. The Morgan fingerprint density at radius 1 is 1.39 bits per heavy atom. The summed E-state index contributed by atoms with van der Waals surface area (Å²) in [6.07, 6.45) is 3.49. The topological polar surface area (TPSA) is 53.6 Å². The molecule has 18 heavy (non-hydrogen) atoms. The molecule has 3 heterocycles. The summed E-state index contributed by atoms with van der Waals surface area (Å²) in [5.41, 5.74) is 2.48. The van der Waals surface area contributed by atoms with Gasteiger partial charge in [-0.2, -0.15) is 0 Å². The van der Waals surface area contributed by atoms with Crippen molar-refractivity contribution in [2.75, 3.05) is 6.54 Å². The Labute approximate surface area is 105 Å². The third kappa shape index (κ3) is 2.01. The number of hydrogen-bond acceptors (Lipinski definition) is 3. The Morgan fingerprint density at radius 2 is 2.28 bits per heavy atom. The van der Waals surface area contributed by atoms with Gasteiger partial charge in [-0.05, 0) is 38.4 Å². The molecule has 1 aliphatic rings. The molecule has 1 aliphatic heterocycles. The molecule has 1 fully saturated rings. The van der Waals surface area contributed by atoms with Gasteiger partial charge in [0.1, 0.15) is 17.3 Å². The predicted molar refractivity (Wildman–Crippen MR) is 66.5 cm³/mol. The molecule has 3 rings (SSSR count). The van der Waals surface area contributed by atoms with Crippen molar-refractivity contribution in [3.05, 3.63) is 35.7 Å². The highest BCUT2D eigenvalue weighted by Crippen LogP contribution is 2.25. The number of halogens is 1. The summed E-state index contributed by atoms with van der Waals surface area (Å²) in [5.74, 6) is 0.621. The molecule has 2 aromatic rings. The molecular weight excluding hydrogens is 231 g/mol. The van der Waals surface area contributed by atoms with Crippen molar-refractivity contribution in [1.29, 1.82) is 0 Å². The van der Waals surface area contributed by atoms with Gasteiger partial charge in [0.05, 0.1) is 17.9 Å². The molecule has 0 spiro atoms. The van der Waals surface area contributed by atoms with Gasteiger partial charge in [0.25, 0.3) is 0 Å². The van der Waals surface area contributed by atoms with Crippen LogP contribution in [0.25, 0.3) is 11.4 Å². The molecule has 0 amide bonds. The quantitative estimate of drug-likeness (QED) is 0.855. The van der Waals surface area contributed by atoms with Crippen molar-refractivity contribution >= 4 is 0 Å². The van der Waals surface area contributed by atoms with Gasteiger partial charge in [0, 0.05) is 5.69 Å². The number of nitrogens with one attached hydrogen (secondary N) is 2. The summed E-state index contributed by atoms with van der Waals surface area (Å²) in [6.45, 7) is 3.00. The molecule has 0 saturated carbocycles. The predicted octanol–water partition coefficient (Wildman–Crippen LogP) is 2.34. The van der Waals surface area contributed by atoms with E-state index >= 15 is 0 Å². The van der Waals surface area contributed by atoms with E-state index in [0.717, 1.165) is 30.2 Å². The molecule has 5 heteroatoms. The zero-order chi connectivity index (χ0) is 12.5. The second-order valence-electron chi connectivity index (χ2n) is 4.61. The molecule has 94 valence electrons. The highest BCUT2D eigenvalue weighted by atomic mass is 19.1. The van der Waals surface area contributed by atoms with Crippen LogP contribution in [0.15, 0.2) is 18.3 Å². The van der Waals surface area contributed by atoms with Gasteiger partial charge in [-0.25, -0.2) is 9.37 Å². The average molecular weight is 246 g/mol. The van der Waals surface area contributed by atoms with E-state index in [0.29, 0.717) is 11.7 Å². The van der Waals surface area contributed by atoms with Gasteiger partial charge in [-0.3, -0.25) is 4.98 Å². The Kier molecular flexibility index (Phi) is 2.83. The Morgan fingerprint density at radius 3 is 2.94 bits per heavy atom. The SMILES string of the molecule is Cc1[nH]c(C2CCCN2)nc1-c1ccc(F)cn1. The van der Waals surface area contributed by atoms with Gasteiger partial charge in [0.15, 0.2) is 0 Å². The number of aromatic amines is 1. The van der Waals surface area contributed by atoms with Crippen molar-refractivity contribution in [2.24, 2.45) is 0 Å². The van der Waals surface area contributed by atoms with E-state index < -0.39 is 0 Å². The number of H-pyrrole nitrogens is 1. The van der Waals surface area contributed by atoms with Crippen LogP contribution < -0.4 is 5.32 Å². The number of hydrogen-bond donors (Lipinski definition) is 2. The first-order chi connectivity index (χ1) is 8.74. The van der Waals surface area contributed by atoms with Gasteiger partial charge >= 0.3 is 0 Å². The minimum Gasteiger partial charge on any atom is -0.344 e. The van der Waals surface area contributed by atoms with Crippen LogP contribution in [-0.2, 0) is 0 Å². The number of pyridine rings is 1. The average Bonchev–Trinajstić information content (AvgIpc) is 2.99. The summed E-state index contributed by atoms with van der Waals surface area (Å²) >= 11 is 0. The van der Waals surface area contributed by atoms with Gasteiger partial charge in [-0.15, -0.1) is 0 Å². The third-order valence-electron chi connectivity index (χ3n) is 3.26. The number of nitrogens with zero attached hydrogens (tertiary/aromatic N) is 2. The minimum absolute atomic E-state index is 0.304. The highest BCUT2D eigenvalue weighted by molar-refractivity contribution is 5.57. The molecule has 2 N–H and O–H groups in total. The standard InChI is InChI=1S/C13H15FN4/c1-8-12(10-5-4-9(14)7-16-10)18-13(17-8)11-3-2-6-15-11/h4-5,7,11,15H,2-3,6H2,1H3,(H,17,18). The fraction of sp³-hybridized carbons (Fsp3) is 0.385.